The van der Waals surface area contributed by atoms with Gasteiger partial charge in [0.15, 0.2) is 0 Å². The monoisotopic (exact) mass is 424 g/mol. The second-order valence-electron chi connectivity index (χ2n) is 9.65. The van der Waals surface area contributed by atoms with Crippen LogP contribution in [0.3, 0.4) is 0 Å². The van der Waals surface area contributed by atoms with E-state index in [1.807, 2.05) is 16.5 Å². The van der Waals surface area contributed by atoms with Gasteiger partial charge in [0.05, 0.1) is 24.5 Å². The highest BCUT2D eigenvalue weighted by Crippen LogP contribution is 2.36. The quantitative estimate of drug-likeness (QED) is 0.731. The zero-order chi connectivity index (χ0) is 21.4. The van der Waals surface area contributed by atoms with Crippen LogP contribution in [0.1, 0.15) is 61.0 Å². The Kier molecular flexibility index (Phi) is 5.83. The fourth-order valence-corrected chi connectivity index (χ4v) is 5.61. The Balaban J connectivity index is 1.19. The Bertz CT molecular complexity index is 926. The van der Waals surface area contributed by atoms with E-state index in [0.29, 0.717) is 37.4 Å². The molecular weight excluding hydrogens is 391 g/mol. The average Bonchev–Trinajstić information content (AvgIpc) is 3.07. The lowest BCUT2D eigenvalue weighted by Crippen LogP contribution is -2.48. The lowest BCUT2D eigenvalue weighted by molar-refractivity contribution is -0.134. The minimum atomic E-state index is -0.224. The number of benzene rings is 1. The molecule has 1 aromatic carbocycles. The second-order valence-corrected chi connectivity index (χ2v) is 9.65. The van der Waals surface area contributed by atoms with E-state index in [1.54, 1.807) is 12.1 Å². The first-order valence-electron chi connectivity index (χ1n) is 11.9. The van der Waals surface area contributed by atoms with Gasteiger partial charge in [-0.1, -0.05) is 18.6 Å². The van der Waals surface area contributed by atoms with Crippen LogP contribution < -0.4 is 0 Å². The van der Waals surface area contributed by atoms with Crippen LogP contribution in [0, 0.1) is 18.7 Å². The van der Waals surface area contributed by atoms with Gasteiger partial charge in [-0.3, -0.25) is 9.48 Å². The molecular formula is C25H33FN4O. The van der Waals surface area contributed by atoms with Gasteiger partial charge in [-0.25, -0.2) is 4.39 Å². The summed E-state index contributed by atoms with van der Waals surface area (Å²) >= 11 is 0. The summed E-state index contributed by atoms with van der Waals surface area (Å²) in [6.07, 6.45) is 7.97. The number of likely N-dealkylation sites (tertiary alicyclic amines) is 1. The molecule has 3 heterocycles. The number of nitrogens with zero attached hydrogens (tertiary/aromatic N) is 4. The van der Waals surface area contributed by atoms with E-state index in [-0.39, 0.29) is 5.82 Å². The molecule has 6 heteroatoms. The fraction of sp³-hybridized carbons (Fsp3) is 0.600. The van der Waals surface area contributed by atoms with Crippen molar-refractivity contribution < 1.29 is 9.18 Å². The number of aryl methyl sites for hydroxylation is 1. The van der Waals surface area contributed by atoms with Crippen molar-refractivity contribution in [2.45, 2.75) is 71.0 Å². The lowest BCUT2D eigenvalue weighted by Gasteiger charge is -2.45. The van der Waals surface area contributed by atoms with Crippen LogP contribution in [0.25, 0.3) is 0 Å². The first-order valence-corrected chi connectivity index (χ1v) is 11.9. The van der Waals surface area contributed by atoms with Gasteiger partial charge in [0.1, 0.15) is 5.82 Å². The number of carbonyl (C=O) groups is 1. The third-order valence-electron chi connectivity index (χ3n) is 7.52. The summed E-state index contributed by atoms with van der Waals surface area (Å²) in [4.78, 5) is 17.7. The highest BCUT2D eigenvalue weighted by Gasteiger charge is 2.36. The molecule has 2 aliphatic heterocycles. The van der Waals surface area contributed by atoms with Crippen molar-refractivity contribution in [2.24, 2.45) is 5.92 Å². The molecule has 0 atom stereocenters. The first-order chi connectivity index (χ1) is 15.1. The van der Waals surface area contributed by atoms with E-state index in [4.69, 9.17) is 5.10 Å². The van der Waals surface area contributed by atoms with Gasteiger partial charge in [0.25, 0.3) is 0 Å². The van der Waals surface area contributed by atoms with Crippen LogP contribution in [-0.4, -0.2) is 51.2 Å². The standard InChI is InChI=1S/C25H33FN4O/c1-18-23-9-12-29(17-24(23)30(27-18)16-19-5-7-21(26)8-6-19)25(31)15-20-13-22(14-20)28-10-3-2-4-11-28/h5-8,20,22H,2-4,9-17H2,1H3. The van der Waals surface area contributed by atoms with E-state index in [1.165, 1.54) is 62.9 Å². The molecule has 2 fully saturated rings. The molecule has 3 aliphatic rings. The third-order valence-corrected chi connectivity index (χ3v) is 7.52. The predicted octanol–water partition coefficient (Wildman–Crippen LogP) is 3.92. The van der Waals surface area contributed by atoms with Crippen LogP contribution >= 0.6 is 0 Å². The molecule has 0 unspecified atom stereocenters. The molecule has 5 rings (SSSR count). The number of fused-ring (bicyclic) bond motifs is 1. The largest absolute Gasteiger partial charge is 0.336 e. The van der Waals surface area contributed by atoms with E-state index in [0.717, 1.165) is 29.9 Å². The first kappa shape index (κ1) is 20.7. The number of rotatable bonds is 5. The summed E-state index contributed by atoms with van der Waals surface area (Å²) in [7, 11) is 0. The van der Waals surface area contributed by atoms with E-state index >= 15 is 0 Å². The topological polar surface area (TPSA) is 41.4 Å². The van der Waals surface area contributed by atoms with Crippen LogP contribution in [0.2, 0.25) is 0 Å². The molecule has 5 nitrogen and oxygen atoms in total. The Morgan fingerprint density at radius 3 is 2.58 bits per heavy atom. The summed E-state index contributed by atoms with van der Waals surface area (Å²) in [5.74, 6) is 0.615. The Morgan fingerprint density at radius 1 is 1.10 bits per heavy atom. The summed E-state index contributed by atoms with van der Waals surface area (Å²) < 4.78 is 15.2. The molecule has 31 heavy (non-hydrogen) atoms. The molecule has 0 radical (unpaired) electrons. The van der Waals surface area contributed by atoms with Gasteiger partial charge < -0.3 is 9.80 Å². The van der Waals surface area contributed by atoms with Crippen molar-refractivity contribution >= 4 is 5.91 Å². The lowest BCUT2D eigenvalue weighted by atomic mass is 9.76. The summed E-state index contributed by atoms with van der Waals surface area (Å²) in [5, 5.41) is 4.73. The Hall–Kier alpha value is -2.21. The highest BCUT2D eigenvalue weighted by molar-refractivity contribution is 5.77. The Labute approximate surface area is 184 Å². The number of hydrogen-bond donors (Lipinski definition) is 0. The third kappa shape index (κ3) is 4.40. The molecule has 166 valence electrons. The maximum Gasteiger partial charge on any atom is 0.223 e. The van der Waals surface area contributed by atoms with Gasteiger partial charge in [-0.15, -0.1) is 0 Å². The van der Waals surface area contributed by atoms with Crippen LogP contribution in [0.4, 0.5) is 4.39 Å². The van der Waals surface area contributed by atoms with Crippen molar-refractivity contribution in [1.29, 1.82) is 0 Å². The van der Waals surface area contributed by atoms with Crippen molar-refractivity contribution in [3.05, 3.63) is 52.6 Å². The molecule has 0 spiro atoms. The zero-order valence-electron chi connectivity index (χ0n) is 18.5. The predicted molar refractivity (Wildman–Crippen MR) is 118 cm³/mol. The summed E-state index contributed by atoms with van der Waals surface area (Å²) in [6.45, 7) is 6.58. The summed E-state index contributed by atoms with van der Waals surface area (Å²) in [6, 6.07) is 7.30. The van der Waals surface area contributed by atoms with E-state index < -0.39 is 0 Å². The number of hydrogen-bond acceptors (Lipinski definition) is 3. The maximum absolute atomic E-state index is 13.2. The van der Waals surface area contributed by atoms with Crippen LogP contribution in [0.15, 0.2) is 24.3 Å². The molecule has 0 N–H and O–H groups in total. The second kappa shape index (κ2) is 8.73. The molecule has 2 aromatic rings. The maximum atomic E-state index is 13.2. The van der Waals surface area contributed by atoms with Gasteiger partial charge in [-0.05, 0) is 81.3 Å². The molecule has 1 amide bonds. The van der Waals surface area contributed by atoms with Crippen molar-refractivity contribution in [2.75, 3.05) is 19.6 Å². The summed E-state index contributed by atoms with van der Waals surface area (Å²) in [5.41, 5.74) is 4.49. The molecule has 1 aromatic heterocycles. The van der Waals surface area contributed by atoms with E-state index in [2.05, 4.69) is 4.90 Å². The number of piperidine rings is 1. The smallest absolute Gasteiger partial charge is 0.223 e. The SMILES string of the molecule is Cc1nn(Cc2ccc(F)cc2)c2c1CCN(C(=O)CC1CC(N3CCCCC3)C1)C2. The van der Waals surface area contributed by atoms with Crippen LogP contribution in [0.5, 0.6) is 0 Å². The van der Waals surface area contributed by atoms with E-state index in [9.17, 15) is 9.18 Å². The molecule has 0 bridgehead atoms. The van der Waals surface area contributed by atoms with Crippen molar-refractivity contribution in [3.8, 4) is 0 Å². The number of aromatic nitrogens is 2. The number of halogens is 1. The highest BCUT2D eigenvalue weighted by atomic mass is 19.1. The normalized spacial score (nSPS) is 24.0. The van der Waals surface area contributed by atoms with Gasteiger partial charge in [-0.2, -0.15) is 5.10 Å². The van der Waals surface area contributed by atoms with Gasteiger partial charge >= 0.3 is 0 Å². The number of amides is 1. The van der Waals surface area contributed by atoms with Gasteiger partial charge in [0, 0.05) is 19.0 Å². The van der Waals surface area contributed by atoms with Crippen LogP contribution in [-0.2, 0) is 24.3 Å². The Morgan fingerprint density at radius 2 is 1.84 bits per heavy atom. The van der Waals surface area contributed by atoms with Crippen molar-refractivity contribution in [1.82, 2.24) is 19.6 Å². The average molecular weight is 425 g/mol. The molecule has 1 aliphatic carbocycles. The molecule has 1 saturated carbocycles. The number of carbonyl (C=O) groups excluding carboxylic acids is 1. The molecule has 1 saturated heterocycles. The van der Waals surface area contributed by atoms with Crippen molar-refractivity contribution in [3.63, 3.8) is 0 Å². The zero-order valence-corrected chi connectivity index (χ0v) is 18.5. The fourth-order valence-electron chi connectivity index (χ4n) is 5.61. The van der Waals surface area contributed by atoms with Gasteiger partial charge in [0.2, 0.25) is 5.91 Å². The minimum Gasteiger partial charge on any atom is -0.336 e. The minimum absolute atomic E-state index is 0.224.